The number of aromatic nitrogens is 1. The molecule has 33 heavy (non-hydrogen) atoms. The number of phenols is 3. The average Bonchev–Trinajstić information content (AvgIpc) is 3.18. The summed E-state index contributed by atoms with van der Waals surface area (Å²) in [7, 11) is 0. The molecule has 1 saturated heterocycles. The van der Waals surface area contributed by atoms with Crippen molar-refractivity contribution in [1.82, 2.24) is 15.2 Å². The highest BCUT2D eigenvalue weighted by Gasteiger charge is 2.40. The van der Waals surface area contributed by atoms with Crippen LogP contribution in [0.25, 0.3) is 10.9 Å². The first kappa shape index (κ1) is 20.9. The van der Waals surface area contributed by atoms with Crippen molar-refractivity contribution >= 4 is 10.9 Å². The van der Waals surface area contributed by atoms with Crippen LogP contribution in [0, 0.1) is 11.8 Å². The molecule has 6 nitrogen and oxygen atoms in total. The number of hydrogen-bond acceptors (Lipinski definition) is 5. The van der Waals surface area contributed by atoms with Gasteiger partial charge in [0.05, 0.1) is 0 Å². The summed E-state index contributed by atoms with van der Waals surface area (Å²) < 4.78 is 0. The van der Waals surface area contributed by atoms with Gasteiger partial charge in [0.15, 0.2) is 11.5 Å². The number of rotatable bonds is 3. The fourth-order valence-electron chi connectivity index (χ4n) is 6.76. The summed E-state index contributed by atoms with van der Waals surface area (Å²) in [6.07, 6.45) is 5.22. The summed E-state index contributed by atoms with van der Waals surface area (Å²) >= 11 is 0. The van der Waals surface area contributed by atoms with Crippen molar-refractivity contribution in [3.05, 3.63) is 52.7 Å². The van der Waals surface area contributed by atoms with Crippen molar-refractivity contribution < 1.29 is 15.3 Å². The lowest BCUT2D eigenvalue weighted by atomic mass is 9.73. The third-order valence-electron chi connectivity index (χ3n) is 8.47. The minimum absolute atomic E-state index is 0.00947. The second-order valence-corrected chi connectivity index (χ2v) is 10.2. The standard InChI is InChI=1S/C27H33N3O3/c1-2-15-14-30-8-6-16-11-25(32)26(33)13-20(16)24(30)10-17(15)9-23-27-19(5-7-28-23)21-12-18(31)3-4-22(21)29-27/h3-4,11-13,15,17,23-24,28-29,31-33H,2,5-10,14H2,1H3. The van der Waals surface area contributed by atoms with Crippen LogP contribution in [-0.4, -0.2) is 44.8 Å². The lowest BCUT2D eigenvalue weighted by Crippen LogP contribution is -2.46. The molecule has 3 aliphatic rings. The number of hydrogen-bond donors (Lipinski definition) is 5. The fourth-order valence-corrected chi connectivity index (χ4v) is 6.76. The highest BCUT2D eigenvalue weighted by Crippen LogP contribution is 2.47. The van der Waals surface area contributed by atoms with Gasteiger partial charge >= 0.3 is 0 Å². The SMILES string of the molecule is CCC1CN2CCc3cc(O)c(O)cc3C2CC1CC1NCCc2c1[nH]c1ccc(O)cc21. The lowest BCUT2D eigenvalue weighted by molar-refractivity contribution is 0.0433. The van der Waals surface area contributed by atoms with Crippen LogP contribution in [0.3, 0.4) is 0 Å². The number of benzene rings is 2. The molecule has 0 bridgehead atoms. The van der Waals surface area contributed by atoms with E-state index in [1.807, 2.05) is 12.1 Å². The van der Waals surface area contributed by atoms with Crippen LogP contribution >= 0.6 is 0 Å². The molecule has 3 aliphatic heterocycles. The van der Waals surface area contributed by atoms with Gasteiger partial charge in [0.25, 0.3) is 0 Å². The van der Waals surface area contributed by atoms with Crippen LogP contribution in [0.4, 0.5) is 0 Å². The number of aromatic amines is 1. The maximum atomic E-state index is 10.2. The molecule has 6 rings (SSSR count). The van der Waals surface area contributed by atoms with Crippen LogP contribution in [0.5, 0.6) is 17.2 Å². The molecule has 1 aromatic heterocycles. The van der Waals surface area contributed by atoms with Crippen molar-refractivity contribution in [3.8, 4) is 17.2 Å². The Balaban J connectivity index is 1.30. The molecule has 174 valence electrons. The largest absolute Gasteiger partial charge is 0.508 e. The van der Waals surface area contributed by atoms with Gasteiger partial charge in [-0.3, -0.25) is 4.90 Å². The van der Waals surface area contributed by atoms with Gasteiger partial charge in [0, 0.05) is 41.8 Å². The first-order valence-electron chi connectivity index (χ1n) is 12.4. The summed E-state index contributed by atoms with van der Waals surface area (Å²) in [5.74, 6) is 1.52. The highest BCUT2D eigenvalue weighted by molar-refractivity contribution is 5.86. The van der Waals surface area contributed by atoms with E-state index in [1.165, 1.54) is 28.8 Å². The van der Waals surface area contributed by atoms with E-state index in [2.05, 4.69) is 22.1 Å². The third-order valence-corrected chi connectivity index (χ3v) is 8.47. The number of piperidine rings is 1. The van der Waals surface area contributed by atoms with Crippen molar-refractivity contribution in [2.24, 2.45) is 11.8 Å². The molecule has 0 spiro atoms. The van der Waals surface area contributed by atoms with Gasteiger partial charge in [-0.25, -0.2) is 0 Å². The molecule has 0 radical (unpaired) electrons. The van der Waals surface area contributed by atoms with Gasteiger partial charge in [0.1, 0.15) is 5.75 Å². The van der Waals surface area contributed by atoms with E-state index in [-0.39, 0.29) is 17.5 Å². The molecule has 6 heteroatoms. The Hall–Kier alpha value is -2.70. The summed E-state index contributed by atoms with van der Waals surface area (Å²) in [4.78, 5) is 6.25. The fraction of sp³-hybridized carbons (Fsp3) is 0.481. The number of aromatic hydroxyl groups is 3. The summed E-state index contributed by atoms with van der Waals surface area (Å²) in [6.45, 7) is 5.37. The molecule has 4 unspecified atom stereocenters. The molecule has 2 aromatic carbocycles. The Bertz CT molecular complexity index is 1200. The quantitative estimate of drug-likeness (QED) is 0.381. The Labute approximate surface area is 194 Å². The first-order chi connectivity index (χ1) is 16.0. The van der Waals surface area contributed by atoms with Crippen LogP contribution in [0.1, 0.15) is 60.7 Å². The molecule has 5 N–H and O–H groups in total. The van der Waals surface area contributed by atoms with Crippen LogP contribution in [0.2, 0.25) is 0 Å². The molecule has 0 saturated carbocycles. The van der Waals surface area contributed by atoms with Gasteiger partial charge < -0.3 is 25.6 Å². The molecule has 3 aromatic rings. The van der Waals surface area contributed by atoms with E-state index in [0.717, 1.165) is 56.2 Å². The number of fused-ring (bicyclic) bond motifs is 6. The molecule has 0 amide bonds. The maximum Gasteiger partial charge on any atom is 0.157 e. The van der Waals surface area contributed by atoms with Gasteiger partial charge in [-0.15, -0.1) is 0 Å². The predicted octanol–water partition coefficient (Wildman–Crippen LogP) is 4.51. The van der Waals surface area contributed by atoms with Crippen LogP contribution in [0.15, 0.2) is 30.3 Å². The van der Waals surface area contributed by atoms with Gasteiger partial charge in [-0.1, -0.05) is 13.3 Å². The lowest BCUT2D eigenvalue weighted by Gasteiger charge is -2.48. The molecular weight excluding hydrogens is 414 g/mol. The summed E-state index contributed by atoms with van der Waals surface area (Å²) in [5, 5.41) is 35.1. The van der Waals surface area contributed by atoms with Crippen molar-refractivity contribution in [2.45, 2.75) is 51.1 Å². The second kappa shape index (κ2) is 7.96. The molecular formula is C27H33N3O3. The number of nitrogens with one attached hydrogen (secondary N) is 2. The minimum atomic E-state index is -0.00955. The van der Waals surface area contributed by atoms with Crippen LogP contribution in [-0.2, 0) is 12.8 Å². The number of nitrogens with zero attached hydrogens (tertiary/aromatic N) is 1. The van der Waals surface area contributed by atoms with Gasteiger partial charge in [-0.2, -0.15) is 0 Å². The summed E-state index contributed by atoms with van der Waals surface area (Å²) in [6, 6.07) is 9.77. The number of phenolic OH excluding ortho intramolecular Hbond substituents is 3. The molecule has 4 heterocycles. The Morgan fingerprint density at radius 3 is 2.73 bits per heavy atom. The first-order valence-corrected chi connectivity index (χ1v) is 12.4. The van der Waals surface area contributed by atoms with E-state index in [1.54, 1.807) is 18.2 Å². The smallest absolute Gasteiger partial charge is 0.157 e. The normalized spacial score (nSPS) is 27.2. The zero-order valence-corrected chi connectivity index (χ0v) is 19.1. The minimum Gasteiger partial charge on any atom is -0.508 e. The van der Waals surface area contributed by atoms with E-state index in [9.17, 15) is 15.3 Å². The molecule has 1 fully saturated rings. The maximum absolute atomic E-state index is 10.2. The van der Waals surface area contributed by atoms with E-state index in [4.69, 9.17) is 0 Å². The van der Waals surface area contributed by atoms with Gasteiger partial charge in [-0.05, 0) is 91.1 Å². The van der Waals surface area contributed by atoms with Gasteiger partial charge in [0.2, 0.25) is 0 Å². The number of H-pyrrole nitrogens is 1. The summed E-state index contributed by atoms with van der Waals surface area (Å²) in [5.41, 5.74) is 6.09. The van der Waals surface area contributed by atoms with Crippen molar-refractivity contribution in [1.29, 1.82) is 0 Å². The zero-order valence-electron chi connectivity index (χ0n) is 19.1. The van der Waals surface area contributed by atoms with E-state index < -0.39 is 0 Å². The average molecular weight is 448 g/mol. The highest BCUT2D eigenvalue weighted by atomic mass is 16.3. The van der Waals surface area contributed by atoms with Crippen LogP contribution < -0.4 is 5.32 Å². The van der Waals surface area contributed by atoms with E-state index >= 15 is 0 Å². The monoisotopic (exact) mass is 447 g/mol. The molecule has 4 atom stereocenters. The van der Waals surface area contributed by atoms with Crippen molar-refractivity contribution in [2.75, 3.05) is 19.6 Å². The Kier molecular flexibility index (Phi) is 5.03. The Morgan fingerprint density at radius 2 is 1.88 bits per heavy atom. The zero-order chi connectivity index (χ0) is 22.7. The second-order valence-electron chi connectivity index (χ2n) is 10.2. The van der Waals surface area contributed by atoms with Crippen molar-refractivity contribution in [3.63, 3.8) is 0 Å². The predicted molar refractivity (Wildman–Crippen MR) is 129 cm³/mol. The topological polar surface area (TPSA) is 91.8 Å². The molecule has 0 aliphatic carbocycles. The van der Waals surface area contributed by atoms with E-state index in [0.29, 0.717) is 23.6 Å². The third kappa shape index (κ3) is 3.47. The Morgan fingerprint density at radius 1 is 1.03 bits per heavy atom.